The van der Waals surface area contributed by atoms with Gasteiger partial charge in [-0.1, -0.05) is 23.7 Å². The number of benzene rings is 1. The highest BCUT2D eigenvalue weighted by Crippen LogP contribution is 2.48. The first kappa shape index (κ1) is 18.5. The van der Waals surface area contributed by atoms with E-state index in [1.807, 2.05) is 43.4 Å². The van der Waals surface area contributed by atoms with Gasteiger partial charge in [-0.2, -0.15) is 0 Å². The maximum absolute atomic E-state index is 6.16. The van der Waals surface area contributed by atoms with Crippen molar-refractivity contribution in [2.24, 2.45) is 4.99 Å². The molecule has 1 saturated carbocycles. The summed E-state index contributed by atoms with van der Waals surface area (Å²) in [5, 5.41) is 7.65. The van der Waals surface area contributed by atoms with Crippen LogP contribution in [-0.2, 0) is 12.0 Å². The largest absolute Gasteiger partial charge is 0.363 e. The maximum Gasteiger partial charge on any atom is 0.191 e. The van der Waals surface area contributed by atoms with E-state index >= 15 is 0 Å². The highest BCUT2D eigenvalue weighted by atomic mass is 35.5. The number of nitrogens with one attached hydrogen (secondary N) is 2. The van der Waals surface area contributed by atoms with Crippen LogP contribution in [0.4, 0.5) is 5.82 Å². The van der Waals surface area contributed by atoms with Gasteiger partial charge in [0.2, 0.25) is 0 Å². The number of hydrogen-bond acceptors (Lipinski definition) is 3. The maximum atomic E-state index is 6.16. The highest BCUT2D eigenvalue weighted by molar-refractivity contribution is 6.30. The molecule has 1 aliphatic rings. The van der Waals surface area contributed by atoms with Gasteiger partial charge in [0, 0.05) is 50.9 Å². The molecule has 0 bridgehead atoms. The van der Waals surface area contributed by atoms with Crippen LogP contribution in [0.5, 0.6) is 0 Å². The molecule has 0 unspecified atom stereocenters. The Morgan fingerprint density at radius 3 is 2.69 bits per heavy atom. The van der Waals surface area contributed by atoms with Gasteiger partial charge in [-0.3, -0.25) is 4.99 Å². The molecule has 1 aromatic carbocycles. The van der Waals surface area contributed by atoms with Crippen LogP contribution in [0.2, 0.25) is 5.02 Å². The summed E-state index contributed by atoms with van der Waals surface area (Å²) in [4.78, 5) is 10.7. The fourth-order valence-electron chi connectivity index (χ4n) is 3.01. The quantitative estimate of drug-likeness (QED) is 0.604. The predicted octanol–water partition coefficient (Wildman–Crippen LogP) is 3.20. The van der Waals surface area contributed by atoms with E-state index in [1.165, 1.54) is 24.0 Å². The minimum atomic E-state index is 0.178. The molecule has 0 amide bonds. The van der Waals surface area contributed by atoms with Crippen molar-refractivity contribution in [3.8, 4) is 0 Å². The Kier molecular flexibility index (Phi) is 5.67. The number of hydrogen-bond donors (Lipinski definition) is 2. The van der Waals surface area contributed by atoms with Crippen molar-refractivity contribution in [1.82, 2.24) is 15.6 Å². The fourth-order valence-corrected chi connectivity index (χ4v) is 3.20. The first-order valence-corrected chi connectivity index (χ1v) is 9.23. The molecule has 2 N–H and O–H groups in total. The smallest absolute Gasteiger partial charge is 0.191 e. The number of aromatic nitrogens is 1. The molecule has 0 saturated heterocycles. The van der Waals surface area contributed by atoms with Crippen LogP contribution in [-0.4, -0.2) is 38.6 Å². The van der Waals surface area contributed by atoms with E-state index in [-0.39, 0.29) is 5.41 Å². The number of pyridine rings is 1. The van der Waals surface area contributed by atoms with Crippen LogP contribution >= 0.6 is 11.6 Å². The number of halogens is 1. The van der Waals surface area contributed by atoms with Crippen LogP contribution in [0.1, 0.15) is 24.0 Å². The third-order valence-electron chi connectivity index (χ3n) is 4.84. The third-order valence-corrected chi connectivity index (χ3v) is 5.07. The van der Waals surface area contributed by atoms with Crippen molar-refractivity contribution < 1.29 is 0 Å². The summed E-state index contributed by atoms with van der Waals surface area (Å²) in [6, 6.07) is 12.3. The molecule has 5 nitrogen and oxygen atoms in total. The first-order chi connectivity index (χ1) is 12.5. The molecule has 138 valence electrons. The zero-order valence-corrected chi connectivity index (χ0v) is 16.3. The van der Waals surface area contributed by atoms with Crippen molar-refractivity contribution in [1.29, 1.82) is 0 Å². The van der Waals surface area contributed by atoms with Crippen molar-refractivity contribution in [2.45, 2.75) is 24.8 Å². The van der Waals surface area contributed by atoms with Crippen LogP contribution in [0.25, 0.3) is 0 Å². The first-order valence-electron chi connectivity index (χ1n) is 8.85. The second-order valence-electron chi connectivity index (χ2n) is 6.99. The molecule has 0 aliphatic heterocycles. The minimum Gasteiger partial charge on any atom is -0.363 e. The second-order valence-corrected chi connectivity index (χ2v) is 7.42. The van der Waals surface area contributed by atoms with Gasteiger partial charge in [-0.15, -0.1) is 0 Å². The van der Waals surface area contributed by atoms with E-state index < -0.39 is 0 Å². The number of aliphatic imine (C=N–C) groups is 1. The average molecular weight is 372 g/mol. The molecule has 3 rings (SSSR count). The van der Waals surface area contributed by atoms with Gasteiger partial charge in [-0.05, 0) is 48.2 Å². The van der Waals surface area contributed by atoms with E-state index in [2.05, 4.69) is 38.8 Å². The van der Waals surface area contributed by atoms with Gasteiger partial charge in [0.25, 0.3) is 0 Å². The molecule has 0 radical (unpaired) electrons. The van der Waals surface area contributed by atoms with Crippen molar-refractivity contribution in [2.75, 3.05) is 32.6 Å². The lowest BCUT2D eigenvalue weighted by molar-refractivity contribution is 0.645. The zero-order valence-electron chi connectivity index (χ0n) is 15.6. The van der Waals surface area contributed by atoms with Crippen molar-refractivity contribution in [3.05, 3.63) is 58.7 Å². The van der Waals surface area contributed by atoms with Gasteiger partial charge >= 0.3 is 0 Å². The standard InChI is InChI=1S/C20H26ClN5/c1-22-19(24-13-15-7-10-23-18(11-15)26(2)3)25-14-20(8-9-20)16-5-4-6-17(21)12-16/h4-7,10-12H,8-9,13-14H2,1-3H3,(H2,22,24,25). The van der Waals surface area contributed by atoms with Crippen LogP contribution in [0.15, 0.2) is 47.6 Å². The molecule has 0 spiro atoms. The lowest BCUT2D eigenvalue weighted by Gasteiger charge is -2.19. The van der Waals surface area contributed by atoms with Crippen molar-refractivity contribution in [3.63, 3.8) is 0 Å². The number of nitrogens with zero attached hydrogens (tertiary/aromatic N) is 3. The molecule has 1 aliphatic carbocycles. The summed E-state index contributed by atoms with van der Waals surface area (Å²) in [5.74, 6) is 1.76. The zero-order chi connectivity index (χ0) is 18.6. The highest BCUT2D eigenvalue weighted by Gasteiger charge is 2.44. The molecular weight excluding hydrogens is 346 g/mol. The Balaban J connectivity index is 1.56. The third kappa shape index (κ3) is 4.47. The number of guanidine groups is 1. The topological polar surface area (TPSA) is 52.6 Å². The average Bonchev–Trinajstić information content (AvgIpc) is 3.43. The van der Waals surface area contributed by atoms with Gasteiger partial charge in [-0.25, -0.2) is 4.98 Å². The lowest BCUT2D eigenvalue weighted by atomic mass is 9.96. The molecule has 26 heavy (non-hydrogen) atoms. The molecule has 0 atom stereocenters. The molecule has 1 aromatic heterocycles. The Hall–Kier alpha value is -2.27. The van der Waals surface area contributed by atoms with E-state index in [9.17, 15) is 0 Å². The van der Waals surface area contributed by atoms with E-state index in [1.54, 1.807) is 7.05 Å². The molecule has 2 aromatic rings. The Morgan fingerprint density at radius 1 is 1.23 bits per heavy atom. The predicted molar refractivity (Wildman–Crippen MR) is 109 cm³/mol. The lowest BCUT2D eigenvalue weighted by Crippen LogP contribution is -2.40. The van der Waals surface area contributed by atoms with E-state index in [4.69, 9.17) is 11.6 Å². The molecule has 1 heterocycles. The molecule has 6 heteroatoms. The Labute approximate surface area is 160 Å². The van der Waals surface area contributed by atoms with E-state index in [0.717, 1.165) is 23.3 Å². The van der Waals surface area contributed by atoms with Gasteiger partial charge < -0.3 is 15.5 Å². The number of rotatable bonds is 6. The fraction of sp³-hybridized carbons (Fsp3) is 0.400. The SMILES string of the molecule is CN=C(NCc1ccnc(N(C)C)c1)NCC1(c2cccc(Cl)c2)CC1. The van der Waals surface area contributed by atoms with Crippen LogP contribution in [0.3, 0.4) is 0 Å². The van der Waals surface area contributed by atoms with Crippen molar-refractivity contribution >= 4 is 23.4 Å². The molecule has 1 fully saturated rings. The van der Waals surface area contributed by atoms with Crippen LogP contribution < -0.4 is 15.5 Å². The van der Waals surface area contributed by atoms with Crippen LogP contribution in [0, 0.1) is 0 Å². The monoisotopic (exact) mass is 371 g/mol. The van der Waals surface area contributed by atoms with Gasteiger partial charge in [0.05, 0.1) is 0 Å². The summed E-state index contributed by atoms with van der Waals surface area (Å²) < 4.78 is 0. The minimum absolute atomic E-state index is 0.178. The Morgan fingerprint density at radius 2 is 2.04 bits per heavy atom. The summed E-state index contributed by atoms with van der Waals surface area (Å²) >= 11 is 6.16. The van der Waals surface area contributed by atoms with Gasteiger partial charge in [0.1, 0.15) is 5.82 Å². The molecular formula is C20H26ClN5. The summed E-state index contributed by atoms with van der Waals surface area (Å²) in [6.07, 6.45) is 4.18. The number of anilines is 1. The summed E-state index contributed by atoms with van der Waals surface area (Å²) in [6.45, 7) is 1.56. The Bertz CT molecular complexity index is 783. The van der Waals surface area contributed by atoms with E-state index in [0.29, 0.717) is 6.54 Å². The second kappa shape index (κ2) is 7.96. The van der Waals surface area contributed by atoms with Gasteiger partial charge in [0.15, 0.2) is 5.96 Å². The normalized spacial score (nSPS) is 15.5. The summed E-state index contributed by atoms with van der Waals surface area (Å²) in [7, 11) is 5.78. The summed E-state index contributed by atoms with van der Waals surface area (Å²) in [5.41, 5.74) is 2.65.